The number of fused-ring (bicyclic) bond motifs is 1. The summed E-state index contributed by atoms with van der Waals surface area (Å²) in [6.07, 6.45) is 3.42. The van der Waals surface area contributed by atoms with E-state index in [1.54, 1.807) is 18.2 Å². The van der Waals surface area contributed by atoms with Crippen molar-refractivity contribution in [1.82, 2.24) is 20.4 Å². The van der Waals surface area contributed by atoms with Crippen LogP contribution >= 0.6 is 0 Å². The molecule has 9 nitrogen and oxygen atoms in total. The normalized spacial score (nSPS) is 27.1. The fourth-order valence-electron chi connectivity index (χ4n) is 5.16. The van der Waals surface area contributed by atoms with Crippen LogP contribution in [0.2, 0.25) is 0 Å². The largest absolute Gasteiger partial charge is 0.490 e. The van der Waals surface area contributed by atoms with Gasteiger partial charge in [-0.15, -0.1) is 0 Å². The number of hydrogen-bond donors (Lipinski definition) is 2. The molecule has 32 heavy (non-hydrogen) atoms. The van der Waals surface area contributed by atoms with Crippen molar-refractivity contribution in [2.24, 2.45) is 5.92 Å². The van der Waals surface area contributed by atoms with Crippen LogP contribution in [0.3, 0.4) is 0 Å². The Balaban J connectivity index is 1.21. The van der Waals surface area contributed by atoms with Crippen LogP contribution in [0, 0.1) is 5.92 Å². The molecular weight excluding hydrogens is 412 g/mol. The molecule has 4 amide bonds. The molecule has 2 N–H and O–H groups in total. The Morgan fingerprint density at radius 2 is 1.75 bits per heavy atom. The lowest BCUT2D eigenvalue weighted by Gasteiger charge is -2.33. The summed E-state index contributed by atoms with van der Waals surface area (Å²) < 4.78 is 6.15. The van der Waals surface area contributed by atoms with E-state index in [1.807, 2.05) is 0 Å². The summed E-state index contributed by atoms with van der Waals surface area (Å²) in [6.45, 7) is 5.34. The quantitative estimate of drug-likeness (QED) is 0.644. The molecule has 0 saturated carbocycles. The fourth-order valence-corrected chi connectivity index (χ4v) is 5.16. The molecule has 3 fully saturated rings. The van der Waals surface area contributed by atoms with Crippen molar-refractivity contribution in [1.29, 1.82) is 0 Å². The van der Waals surface area contributed by atoms with Gasteiger partial charge in [0.05, 0.1) is 11.1 Å². The summed E-state index contributed by atoms with van der Waals surface area (Å²) in [5.41, 5.74) is 0.524. The molecule has 4 aliphatic rings. The highest BCUT2D eigenvalue weighted by Crippen LogP contribution is 2.31. The van der Waals surface area contributed by atoms with Crippen molar-refractivity contribution < 1.29 is 23.9 Å². The molecule has 2 unspecified atom stereocenters. The van der Waals surface area contributed by atoms with Gasteiger partial charge in [-0.05, 0) is 62.9 Å². The lowest BCUT2D eigenvalue weighted by atomic mass is 10.0. The van der Waals surface area contributed by atoms with Crippen molar-refractivity contribution in [3.8, 4) is 5.75 Å². The number of nitrogens with zero attached hydrogens (tertiary/aromatic N) is 2. The minimum Gasteiger partial charge on any atom is -0.490 e. The number of ether oxygens (including phenoxy) is 1. The Labute approximate surface area is 186 Å². The smallest absolute Gasteiger partial charge is 0.262 e. The van der Waals surface area contributed by atoms with E-state index in [0.717, 1.165) is 56.4 Å². The van der Waals surface area contributed by atoms with Crippen LogP contribution in [0.25, 0.3) is 0 Å². The number of rotatable bonds is 5. The van der Waals surface area contributed by atoms with Crippen LogP contribution < -0.4 is 15.4 Å². The van der Waals surface area contributed by atoms with Crippen LogP contribution in [-0.4, -0.2) is 78.3 Å². The van der Waals surface area contributed by atoms with Gasteiger partial charge in [-0.1, -0.05) is 0 Å². The van der Waals surface area contributed by atoms with Crippen molar-refractivity contribution in [3.05, 3.63) is 29.3 Å². The number of likely N-dealkylation sites (tertiary alicyclic amines) is 1. The van der Waals surface area contributed by atoms with Crippen LogP contribution in [0.1, 0.15) is 52.8 Å². The average Bonchev–Trinajstić information content (AvgIpc) is 3.37. The van der Waals surface area contributed by atoms with Crippen LogP contribution in [0.4, 0.5) is 0 Å². The maximum Gasteiger partial charge on any atom is 0.262 e. The molecule has 1 aromatic carbocycles. The number of amides is 4. The van der Waals surface area contributed by atoms with Gasteiger partial charge in [0, 0.05) is 26.1 Å². The van der Waals surface area contributed by atoms with Gasteiger partial charge < -0.3 is 15.0 Å². The first-order valence-electron chi connectivity index (χ1n) is 11.4. The number of nitrogens with one attached hydrogen (secondary N) is 2. The van der Waals surface area contributed by atoms with E-state index in [9.17, 15) is 19.2 Å². The van der Waals surface area contributed by atoms with E-state index in [4.69, 9.17) is 4.74 Å². The second-order valence-corrected chi connectivity index (χ2v) is 9.13. The third-order valence-electron chi connectivity index (χ3n) is 6.93. The standard InChI is InChI=1S/C23H28N4O5/c28-20-4-3-19(21(29)25-20)27-22(30)17-2-1-16(11-18(17)23(27)31)32-15-6-9-26(10-7-15)13-14-5-8-24-12-14/h1-2,11,14-15,19,24H,3-10,12-13H2,(H,25,28,29). The first-order valence-corrected chi connectivity index (χ1v) is 11.4. The number of piperidine rings is 2. The fraction of sp³-hybridized carbons (Fsp3) is 0.565. The maximum atomic E-state index is 13.0. The van der Waals surface area contributed by atoms with Crippen LogP contribution in [0.5, 0.6) is 5.75 Å². The minimum atomic E-state index is -0.955. The molecule has 0 bridgehead atoms. The zero-order valence-corrected chi connectivity index (χ0v) is 18.0. The van der Waals surface area contributed by atoms with Gasteiger partial charge in [0.1, 0.15) is 17.9 Å². The summed E-state index contributed by atoms with van der Waals surface area (Å²) in [7, 11) is 0. The Morgan fingerprint density at radius 1 is 0.969 bits per heavy atom. The molecule has 2 atom stereocenters. The van der Waals surface area contributed by atoms with Gasteiger partial charge in [-0.25, -0.2) is 0 Å². The van der Waals surface area contributed by atoms with Crippen molar-refractivity contribution in [2.45, 2.75) is 44.2 Å². The molecule has 3 saturated heterocycles. The van der Waals surface area contributed by atoms with E-state index < -0.39 is 23.8 Å². The number of benzene rings is 1. The topological polar surface area (TPSA) is 108 Å². The van der Waals surface area contributed by atoms with Crippen molar-refractivity contribution in [3.63, 3.8) is 0 Å². The minimum absolute atomic E-state index is 0.0736. The summed E-state index contributed by atoms with van der Waals surface area (Å²) in [6, 6.07) is 3.97. The predicted molar refractivity (Wildman–Crippen MR) is 114 cm³/mol. The van der Waals surface area contributed by atoms with Crippen molar-refractivity contribution >= 4 is 23.6 Å². The second-order valence-electron chi connectivity index (χ2n) is 9.13. The number of hydrogen-bond acceptors (Lipinski definition) is 7. The van der Waals surface area contributed by atoms with E-state index in [-0.39, 0.29) is 36.0 Å². The molecule has 4 heterocycles. The molecule has 5 rings (SSSR count). The highest BCUT2D eigenvalue weighted by Gasteiger charge is 2.44. The predicted octanol–water partition coefficient (Wildman–Crippen LogP) is 0.541. The van der Waals surface area contributed by atoms with Gasteiger partial charge in [-0.2, -0.15) is 0 Å². The van der Waals surface area contributed by atoms with Gasteiger partial charge in [0.25, 0.3) is 11.8 Å². The van der Waals surface area contributed by atoms with Crippen LogP contribution in [0.15, 0.2) is 18.2 Å². The van der Waals surface area contributed by atoms with E-state index in [0.29, 0.717) is 5.75 Å². The first kappa shape index (κ1) is 21.1. The van der Waals surface area contributed by atoms with E-state index in [1.165, 1.54) is 6.42 Å². The highest BCUT2D eigenvalue weighted by atomic mass is 16.5. The zero-order chi connectivity index (χ0) is 22.2. The van der Waals surface area contributed by atoms with Crippen molar-refractivity contribution in [2.75, 3.05) is 32.7 Å². The molecule has 170 valence electrons. The number of imide groups is 2. The highest BCUT2D eigenvalue weighted by molar-refractivity contribution is 6.23. The van der Waals surface area contributed by atoms with E-state index in [2.05, 4.69) is 15.5 Å². The molecule has 4 aliphatic heterocycles. The Hall–Kier alpha value is -2.78. The summed E-state index contributed by atoms with van der Waals surface area (Å²) in [5.74, 6) is -0.698. The average molecular weight is 441 g/mol. The van der Waals surface area contributed by atoms with Gasteiger partial charge in [0.2, 0.25) is 11.8 Å². The Morgan fingerprint density at radius 3 is 2.47 bits per heavy atom. The lowest BCUT2D eigenvalue weighted by Crippen LogP contribution is -2.54. The van der Waals surface area contributed by atoms with Crippen LogP contribution in [-0.2, 0) is 9.59 Å². The Bertz CT molecular complexity index is 950. The molecule has 0 radical (unpaired) electrons. The molecule has 0 spiro atoms. The van der Waals surface area contributed by atoms with Gasteiger partial charge in [0.15, 0.2) is 0 Å². The number of carbonyl (C=O) groups is 4. The zero-order valence-electron chi connectivity index (χ0n) is 18.0. The van der Waals surface area contributed by atoms with E-state index >= 15 is 0 Å². The Kier molecular flexibility index (Phi) is 5.69. The maximum absolute atomic E-state index is 13.0. The first-order chi connectivity index (χ1) is 15.5. The SMILES string of the molecule is O=C1CCC(N2C(=O)c3ccc(OC4CCN(CC5CCNC5)CC4)cc3C2=O)C(=O)N1. The molecule has 0 aliphatic carbocycles. The monoisotopic (exact) mass is 440 g/mol. The molecule has 9 heteroatoms. The van der Waals surface area contributed by atoms with Gasteiger partial charge >= 0.3 is 0 Å². The summed E-state index contributed by atoms with van der Waals surface area (Å²) in [5, 5.41) is 5.63. The number of carbonyl (C=O) groups excluding carboxylic acids is 4. The summed E-state index contributed by atoms with van der Waals surface area (Å²) >= 11 is 0. The third-order valence-corrected chi connectivity index (χ3v) is 6.93. The third kappa shape index (κ3) is 4.02. The summed E-state index contributed by atoms with van der Waals surface area (Å²) in [4.78, 5) is 52.8. The second kappa shape index (κ2) is 8.63. The molecular formula is C23H28N4O5. The molecule has 1 aromatic rings. The lowest BCUT2D eigenvalue weighted by molar-refractivity contribution is -0.136. The molecule has 0 aromatic heterocycles. The van der Waals surface area contributed by atoms with Gasteiger partial charge in [-0.3, -0.25) is 29.4 Å².